The second kappa shape index (κ2) is 4.68. The Hall–Kier alpha value is -3.13. The van der Waals surface area contributed by atoms with Gasteiger partial charge in [-0.1, -0.05) is 54.6 Å². The fraction of sp³-hybridized carbons (Fsp3) is 0.0455. The summed E-state index contributed by atoms with van der Waals surface area (Å²) in [5, 5.41) is 12.7. The minimum Gasteiger partial charge on any atom is -0.326 e. The fourth-order valence-electron chi connectivity index (χ4n) is 3.88. The van der Waals surface area contributed by atoms with Crippen molar-refractivity contribution in [1.82, 2.24) is 0 Å². The molecule has 1 N–H and O–H groups in total. The molecule has 0 saturated heterocycles. The van der Waals surface area contributed by atoms with Gasteiger partial charge in [-0.05, 0) is 49.8 Å². The zero-order chi connectivity index (χ0) is 16.3. The molecule has 2 nitrogen and oxygen atoms in total. The van der Waals surface area contributed by atoms with E-state index in [1.165, 1.54) is 32.3 Å². The number of fused-ring (bicyclic) bond motifs is 2. The first-order chi connectivity index (χ1) is 11.7. The van der Waals surface area contributed by atoms with Crippen molar-refractivity contribution < 1.29 is 4.79 Å². The van der Waals surface area contributed by atoms with Crippen molar-refractivity contribution in [3.05, 3.63) is 66.7 Å². The van der Waals surface area contributed by atoms with Crippen molar-refractivity contribution in [1.29, 1.82) is 0 Å². The predicted octanol–water partition coefficient (Wildman–Crippen LogP) is 5.70. The van der Waals surface area contributed by atoms with Crippen LogP contribution in [0.5, 0.6) is 0 Å². The molecule has 5 aromatic carbocycles. The maximum absolute atomic E-state index is 11.6. The van der Waals surface area contributed by atoms with E-state index in [-0.39, 0.29) is 5.91 Å². The summed E-state index contributed by atoms with van der Waals surface area (Å²) in [6.45, 7) is 1.55. The van der Waals surface area contributed by atoms with Crippen molar-refractivity contribution in [3.8, 4) is 0 Å². The van der Waals surface area contributed by atoms with Gasteiger partial charge >= 0.3 is 0 Å². The molecule has 0 aliphatic carbocycles. The molecule has 0 atom stereocenters. The number of rotatable bonds is 1. The van der Waals surface area contributed by atoms with E-state index in [1.807, 2.05) is 6.07 Å². The molecule has 2 heteroatoms. The number of hydrogen-bond acceptors (Lipinski definition) is 1. The van der Waals surface area contributed by atoms with Crippen LogP contribution in [0.25, 0.3) is 43.1 Å². The van der Waals surface area contributed by atoms with Crippen LogP contribution in [-0.2, 0) is 4.79 Å². The normalized spacial score (nSPS) is 11.7. The number of carbonyl (C=O) groups is 1. The molecule has 0 fully saturated rings. The molecular formula is C22H15NO. The third kappa shape index (κ3) is 1.74. The Morgan fingerprint density at radius 3 is 2.33 bits per heavy atom. The van der Waals surface area contributed by atoms with Gasteiger partial charge in [-0.15, -0.1) is 0 Å². The summed E-state index contributed by atoms with van der Waals surface area (Å²) in [5.74, 6) is -0.0466. The average molecular weight is 309 g/mol. The molecule has 5 aromatic rings. The van der Waals surface area contributed by atoms with Gasteiger partial charge in [0, 0.05) is 18.0 Å². The summed E-state index contributed by atoms with van der Waals surface area (Å²) < 4.78 is 0. The lowest BCUT2D eigenvalue weighted by molar-refractivity contribution is -0.114. The average Bonchev–Trinajstić information content (AvgIpc) is 2.59. The monoisotopic (exact) mass is 309 g/mol. The van der Waals surface area contributed by atoms with Crippen LogP contribution in [0, 0.1) is 0 Å². The smallest absolute Gasteiger partial charge is 0.221 e. The van der Waals surface area contributed by atoms with Gasteiger partial charge in [-0.3, -0.25) is 4.79 Å². The van der Waals surface area contributed by atoms with Crippen molar-refractivity contribution in [3.63, 3.8) is 0 Å². The first-order valence-electron chi connectivity index (χ1n) is 8.09. The minimum absolute atomic E-state index is 0.0466. The Morgan fingerprint density at radius 2 is 1.46 bits per heavy atom. The molecule has 0 aromatic heterocycles. The number of benzene rings is 5. The maximum atomic E-state index is 11.6. The van der Waals surface area contributed by atoms with Gasteiger partial charge in [0.25, 0.3) is 0 Å². The summed E-state index contributed by atoms with van der Waals surface area (Å²) in [7, 11) is 0. The van der Waals surface area contributed by atoms with Crippen LogP contribution in [0.4, 0.5) is 5.69 Å². The lowest BCUT2D eigenvalue weighted by Crippen LogP contribution is -2.06. The quantitative estimate of drug-likeness (QED) is 0.312. The van der Waals surface area contributed by atoms with Gasteiger partial charge in [0.05, 0.1) is 0 Å². The maximum Gasteiger partial charge on any atom is 0.221 e. The van der Waals surface area contributed by atoms with Crippen LogP contribution in [0.1, 0.15) is 6.92 Å². The van der Waals surface area contributed by atoms with Crippen molar-refractivity contribution in [2.75, 3.05) is 5.32 Å². The molecule has 0 aliphatic heterocycles. The Kier molecular flexibility index (Phi) is 2.60. The molecule has 114 valence electrons. The largest absolute Gasteiger partial charge is 0.326 e. The number of anilines is 1. The van der Waals surface area contributed by atoms with Gasteiger partial charge in [0.15, 0.2) is 0 Å². The highest BCUT2D eigenvalue weighted by Gasteiger charge is 2.14. The first-order valence-corrected chi connectivity index (χ1v) is 8.09. The Labute approximate surface area is 139 Å². The Bertz CT molecular complexity index is 1250. The van der Waals surface area contributed by atoms with Crippen LogP contribution < -0.4 is 5.32 Å². The Morgan fingerprint density at radius 1 is 0.708 bits per heavy atom. The van der Waals surface area contributed by atoms with E-state index in [2.05, 4.69) is 66.0 Å². The molecule has 0 aliphatic rings. The summed E-state index contributed by atoms with van der Waals surface area (Å²) in [6.07, 6.45) is 0. The molecule has 1 amide bonds. The van der Waals surface area contributed by atoms with Crippen molar-refractivity contribution >= 4 is 54.7 Å². The van der Waals surface area contributed by atoms with Gasteiger partial charge < -0.3 is 5.32 Å². The highest BCUT2D eigenvalue weighted by atomic mass is 16.1. The first kappa shape index (κ1) is 13.3. The Balaban J connectivity index is 2.08. The SMILES string of the molecule is CC(=O)Nc1cc2cc3ccccc3c3ccc4cccc1c4c23. The molecule has 5 rings (SSSR count). The predicted molar refractivity (Wildman–Crippen MR) is 102 cm³/mol. The van der Waals surface area contributed by atoms with E-state index in [0.717, 1.165) is 16.5 Å². The van der Waals surface area contributed by atoms with Crippen LogP contribution >= 0.6 is 0 Å². The van der Waals surface area contributed by atoms with E-state index >= 15 is 0 Å². The van der Waals surface area contributed by atoms with Crippen LogP contribution in [0.2, 0.25) is 0 Å². The second-order valence-corrected chi connectivity index (χ2v) is 6.32. The van der Waals surface area contributed by atoms with E-state index < -0.39 is 0 Å². The third-order valence-corrected chi connectivity index (χ3v) is 4.80. The minimum atomic E-state index is -0.0466. The van der Waals surface area contributed by atoms with Crippen LogP contribution in [0.15, 0.2) is 66.7 Å². The van der Waals surface area contributed by atoms with E-state index in [1.54, 1.807) is 6.92 Å². The zero-order valence-corrected chi connectivity index (χ0v) is 13.3. The van der Waals surface area contributed by atoms with Gasteiger partial charge in [-0.2, -0.15) is 0 Å². The second-order valence-electron chi connectivity index (χ2n) is 6.32. The van der Waals surface area contributed by atoms with Gasteiger partial charge in [0.2, 0.25) is 5.91 Å². The summed E-state index contributed by atoms with van der Waals surface area (Å²) in [6, 6.07) is 23.4. The van der Waals surface area contributed by atoms with E-state index in [4.69, 9.17) is 0 Å². The van der Waals surface area contributed by atoms with E-state index in [0.29, 0.717) is 0 Å². The van der Waals surface area contributed by atoms with E-state index in [9.17, 15) is 4.79 Å². The molecule has 0 radical (unpaired) electrons. The highest BCUT2D eigenvalue weighted by Crippen LogP contribution is 2.41. The number of hydrogen-bond donors (Lipinski definition) is 1. The van der Waals surface area contributed by atoms with Gasteiger partial charge in [-0.25, -0.2) is 0 Å². The molecule has 24 heavy (non-hydrogen) atoms. The standard InChI is InChI=1S/C22H15NO/c1-13(24)23-20-12-16-11-15-5-2-3-7-17(15)18-10-9-14-6-4-8-19(20)21(14)22(16)18/h2-12H,1H3,(H,23,24). The molecule has 0 bridgehead atoms. The summed E-state index contributed by atoms with van der Waals surface area (Å²) in [5.41, 5.74) is 0.878. The highest BCUT2D eigenvalue weighted by molar-refractivity contribution is 6.31. The molecule has 0 heterocycles. The molecule has 0 saturated carbocycles. The zero-order valence-electron chi connectivity index (χ0n) is 13.3. The van der Waals surface area contributed by atoms with Crippen LogP contribution in [-0.4, -0.2) is 5.91 Å². The topological polar surface area (TPSA) is 29.1 Å². The van der Waals surface area contributed by atoms with Gasteiger partial charge in [0.1, 0.15) is 0 Å². The summed E-state index contributed by atoms with van der Waals surface area (Å²) in [4.78, 5) is 11.6. The number of amides is 1. The molecule has 0 spiro atoms. The molecule has 0 unspecified atom stereocenters. The fourth-order valence-corrected chi connectivity index (χ4v) is 3.88. The van der Waals surface area contributed by atoms with Crippen LogP contribution in [0.3, 0.4) is 0 Å². The third-order valence-electron chi connectivity index (χ3n) is 4.80. The number of nitrogens with one attached hydrogen (secondary N) is 1. The lowest BCUT2D eigenvalue weighted by Gasteiger charge is -2.16. The molecular weight excluding hydrogens is 294 g/mol. The lowest BCUT2D eigenvalue weighted by atomic mass is 9.90. The number of carbonyl (C=O) groups excluding carboxylic acids is 1. The van der Waals surface area contributed by atoms with Crippen molar-refractivity contribution in [2.45, 2.75) is 6.92 Å². The van der Waals surface area contributed by atoms with Crippen molar-refractivity contribution in [2.24, 2.45) is 0 Å². The summed E-state index contributed by atoms with van der Waals surface area (Å²) >= 11 is 0.